The monoisotopic (exact) mass is 250 g/mol. The smallest absolute Gasteiger partial charge is 0.231 e. The summed E-state index contributed by atoms with van der Waals surface area (Å²) in [5.41, 5.74) is 7.06. The van der Waals surface area contributed by atoms with Gasteiger partial charge in [-0.2, -0.15) is 0 Å². The summed E-state index contributed by atoms with van der Waals surface area (Å²) in [7, 11) is -1.65. The molecule has 0 unspecified atom stereocenters. The van der Waals surface area contributed by atoms with Gasteiger partial charge in [-0.25, -0.2) is 8.42 Å². The summed E-state index contributed by atoms with van der Waals surface area (Å²) in [5, 5.41) is 0. The summed E-state index contributed by atoms with van der Waals surface area (Å²) in [6.45, 7) is 0.461. The van der Waals surface area contributed by atoms with Gasteiger partial charge in [-0.15, -0.1) is 12.4 Å². The van der Waals surface area contributed by atoms with Gasteiger partial charge in [0.1, 0.15) is 0 Å². The lowest BCUT2D eigenvalue weighted by molar-refractivity contribution is 0.600. The van der Waals surface area contributed by atoms with Crippen LogP contribution in [0.1, 0.15) is 5.56 Å². The molecule has 2 N–H and O–H groups in total. The van der Waals surface area contributed by atoms with Gasteiger partial charge in [0.25, 0.3) is 0 Å². The van der Waals surface area contributed by atoms with Crippen LogP contribution in [-0.4, -0.2) is 21.7 Å². The molecule has 1 rings (SSSR count). The number of hydrogen-bond acceptors (Lipinski definition) is 3. The van der Waals surface area contributed by atoms with Crippen LogP contribution in [0.2, 0.25) is 0 Å². The van der Waals surface area contributed by atoms with Crippen LogP contribution in [0.15, 0.2) is 24.3 Å². The average Bonchev–Trinajstić information content (AvgIpc) is 2.15. The molecule has 0 amide bonds. The maximum Gasteiger partial charge on any atom is 0.231 e. The van der Waals surface area contributed by atoms with Gasteiger partial charge >= 0.3 is 0 Å². The largest absolute Gasteiger partial charge is 0.326 e. The normalized spacial score (nSPS) is 10.6. The molecule has 0 aliphatic heterocycles. The molecule has 0 fully saturated rings. The molecule has 0 radical (unpaired) electrons. The van der Waals surface area contributed by atoms with Crippen molar-refractivity contribution < 1.29 is 8.42 Å². The van der Waals surface area contributed by atoms with Crippen LogP contribution < -0.4 is 10.0 Å². The van der Waals surface area contributed by atoms with Crippen molar-refractivity contribution in [2.24, 2.45) is 5.73 Å². The van der Waals surface area contributed by atoms with E-state index >= 15 is 0 Å². The Hall–Kier alpha value is -0.780. The first-order chi connectivity index (χ1) is 6.45. The molecule has 0 spiro atoms. The Bertz CT molecular complexity index is 403. The molecule has 15 heavy (non-hydrogen) atoms. The number of hydrogen-bond donors (Lipinski definition) is 1. The minimum absolute atomic E-state index is 0. The van der Waals surface area contributed by atoms with Crippen molar-refractivity contribution in [3.05, 3.63) is 29.8 Å². The van der Waals surface area contributed by atoms with Gasteiger partial charge in [0.15, 0.2) is 0 Å². The van der Waals surface area contributed by atoms with Crippen LogP contribution in [0.4, 0.5) is 5.69 Å². The second kappa shape index (κ2) is 5.34. The number of nitrogens with zero attached hydrogens (tertiary/aromatic N) is 1. The topological polar surface area (TPSA) is 63.4 Å². The van der Waals surface area contributed by atoms with Crippen molar-refractivity contribution in [2.75, 3.05) is 17.6 Å². The second-order valence-electron chi connectivity index (χ2n) is 3.10. The molecule has 86 valence electrons. The summed E-state index contributed by atoms with van der Waals surface area (Å²) in [6.07, 6.45) is 1.17. The molecule has 0 saturated heterocycles. The van der Waals surface area contributed by atoms with Crippen molar-refractivity contribution in [1.82, 2.24) is 0 Å². The summed E-state index contributed by atoms with van der Waals surface area (Å²) in [6, 6.07) is 7.11. The lowest BCUT2D eigenvalue weighted by Gasteiger charge is -2.16. The molecule has 0 aliphatic carbocycles. The molecule has 0 bridgehead atoms. The van der Waals surface area contributed by atoms with E-state index < -0.39 is 10.0 Å². The molecule has 0 heterocycles. The van der Waals surface area contributed by atoms with Crippen LogP contribution in [0, 0.1) is 0 Å². The molecule has 0 aromatic heterocycles. The maximum absolute atomic E-state index is 11.2. The Kier molecular flexibility index (Phi) is 5.07. The molecule has 0 saturated carbocycles. The third-order valence-electron chi connectivity index (χ3n) is 2.03. The molecule has 1 aromatic carbocycles. The van der Waals surface area contributed by atoms with Gasteiger partial charge < -0.3 is 5.73 Å². The highest BCUT2D eigenvalue weighted by molar-refractivity contribution is 7.92. The lowest BCUT2D eigenvalue weighted by atomic mass is 10.2. The molecule has 4 nitrogen and oxygen atoms in total. The first kappa shape index (κ1) is 14.2. The zero-order chi connectivity index (χ0) is 10.8. The van der Waals surface area contributed by atoms with E-state index in [9.17, 15) is 8.42 Å². The van der Waals surface area contributed by atoms with E-state index in [0.29, 0.717) is 12.2 Å². The Labute approximate surface area is 96.5 Å². The Balaban J connectivity index is 0.00000196. The van der Waals surface area contributed by atoms with Crippen LogP contribution >= 0.6 is 12.4 Å². The first-order valence-electron chi connectivity index (χ1n) is 4.18. The fourth-order valence-corrected chi connectivity index (χ4v) is 1.54. The van der Waals surface area contributed by atoms with Crippen LogP contribution in [-0.2, 0) is 16.6 Å². The SMILES string of the molecule is CN(c1ccc(CN)cc1)S(C)(=O)=O.Cl. The Morgan fingerprint density at radius 3 is 2.07 bits per heavy atom. The number of rotatable bonds is 3. The van der Waals surface area contributed by atoms with E-state index in [4.69, 9.17) is 5.73 Å². The van der Waals surface area contributed by atoms with Crippen molar-refractivity contribution in [1.29, 1.82) is 0 Å². The number of benzene rings is 1. The van der Waals surface area contributed by atoms with E-state index in [0.717, 1.165) is 5.56 Å². The van der Waals surface area contributed by atoms with E-state index in [1.54, 1.807) is 12.1 Å². The number of sulfonamides is 1. The van der Waals surface area contributed by atoms with Crippen LogP contribution in [0.5, 0.6) is 0 Å². The highest BCUT2D eigenvalue weighted by atomic mass is 35.5. The molecular formula is C9H15ClN2O2S. The number of nitrogens with two attached hydrogens (primary N) is 1. The van der Waals surface area contributed by atoms with Crippen molar-refractivity contribution >= 4 is 28.1 Å². The number of halogens is 1. The quantitative estimate of drug-likeness (QED) is 0.869. The van der Waals surface area contributed by atoms with Crippen LogP contribution in [0.3, 0.4) is 0 Å². The summed E-state index contributed by atoms with van der Waals surface area (Å²) in [4.78, 5) is 0. The third-order valence-corrected chi connectivity index (χ3v) is 3.24. The van der Waals surface area contributed by atoms with Gasteiger partial charge in [-0.3, -0.25) is 4.31 Å². The molecule has 1 aromatic rings. The van der Waals surface area contributed by atoms with E-state index in [2.05, 4.69) is 0 Å². The molecular weight excluding hydrogens is 236 g/mol. The van der Waals surface area contributed by atoms with Crippen molar-refractivity contribution in [2.45, 2.75) is 6.54 Å². The molecule has 6 heteroatoms. The van der Waals surface area contributed by atoms with E-state index in [1.807, 2.05) is 12.1 Å². The molecule has 0 atom stereocenters. The zero-order valence-corrected chi connectivity index (χ0v) is 10.3. The predicted octanol–water partition coefficient (Wildman–Crippen LogP) is 0.963. The first-order valence-corrected chi connectivity index (χ1v) is 6.03. The molecule has 0 aliphatic rings. The third kappa shape index (κ3) is 3.70. The van der Waals surface area contributed by atoms with Gasteiger partial charge in [0.2, 0.25) is 10.0 Å². The number of anilines is 1. The summed E-state index contributed by atoms with van der Waals surface area (Å²) >= 11 is 0. The zero-order valence-electron chi connectivity index (χ0n) is 8.67. The maximum atomic E-state index is 11.2. The fourth-order valence-electron chi connectivity index (χ4n) is 1.03. The standard InChI is InChI=1S/C9H14N2O2S.ClH/c1-11(14(2,12)13)9-5-3-8(7-10)4-6-9;/h3-6H,7,10H2,1-2H3;1H. The predicted molar refractivity (Wildman–Crippen MR) is 64.8 cm³/mol. The second-order valence-corrected chi connectivity index (χ2v) is 5.11. The van der Waals surface area contributed by atoms with Gasteiger partial charge in [0.05, 0.1) is 11.9 Å². The van der Waals surface area contributed by atoms with Gasteiger partial charge in [-0.05, 0) is 17.7 Å². The van der Waals surface area contributed by atoms with Crippen molar-refractivity contribution in [3.8, 4) is 0 Å². The highest BCUT2D eigenvalue weighted by Gasteiger charge is 2.10. The lowest BCUT2D eigenvalue weighted by Crippen LogP contribution is -2.24. The van der Waals surface area contributed by atoms with Gasteiger partial charge in [-0.1, -0.05) is 12.1 Å². The fraction of sp³-hybridized carbons (Fsp3) is 0.333. The van der Waals surface area contributed by atoms with Crippen molar-refractivity contribution in [3.63, 3.8) is 0 Å². The highest BCUT2D eigenvalue weighted by Crippen LogP contribution is 2.15. The summed E-state index contributed by atoms with van der Waals surface area (Å²) in [5.74, 6) is 0. The average molecular weight is 251 g/mol. The minimum Gasteiger partial charge on any atom is -0.326 e. The minimum atomic E-state index is -3.17. The van der Waals surface area contributed by atoms with Gasteiger partial charge in [0, 0.05) is 13.6 Å². The summed E-state index contributed by atoms with van der Waals surface area (Å²) < 4.78 is 23.6. The van der Waals surface area contributed by atoms with E-state index in [-0.39, 0.29) is 12.4 Å². The van der Waals surface area contributed by atoms with Crippen LogP contribution in [0.25, 0.3) is 0 Å². The Morgan fingerprint density at radius 2 is 1.73 bits per heavy atom. The Morgan fingerprint density at radius 1 is 1.27 bits per heavy atom. The van der Waals surface area contributed by atoms with E-state index in [1.165, 1.54) is 17.6 Å².